The summed E-state index contributed by atoms with van der Waals surface area (Å²) in [5, 5.41) is 12.6. The van der Waals surface area contributed by atoms with Crippen molar-refractivity contribution >= 4 is 22.6 Å². The number of anilines is 1. The zero-order valence-corrected chi connectivity index (χ0v) is 15.3. The summed E-state index contributed by atoms with van der Waals surface area (Å²) in [5.41, 5.74) is -0.230. The van der Waals surface area contributed by atoms with Crippen molar-refractivity contribution in [3.8, 4) is 5.75 Å². The Morgan fingerprint density at radius 2 is 2.11 bits per heavy atom. The molecular formula is C19H22FN3O4. The predicted molar refractivity (Wildman–Crippen MR) is 99.6 cm³/mol. The molecule has 2 heterocycles. The maximum atomic E-state index is 15.1. The van der Waals surface area contributed by atoms with E-state index in [2.05, 4.69) is 5.32 Å². The van der Waals surface area contributed by atoms with E-state index in [1.807, 2.05) is 11.9 Å². The van der Waals surface area contributed by atoms with Crippen molar-refractivity contribution in [3.05, 3.63) is 33.9 Å². The number of carboxylic acids is 1. The summed E-state index contributed by atoms with van der Waals surface area (Å²) < 4.78 is 22.4. The van der Waals surface area contributed by atoms with E-state index in [0.29, 0.717) is 30.0 Å². The minimum atomic E-state index is -1.31. The lowest BCUT2D eigenvalue weighted by Crippen LogP contribution is -2.30. The summed E-state index contributed by atoms with van der Waals surface area (Å²) in [6.07, 6.45) is 4.02. The Kier molecular flexibility index (Phi) is 4.30. The number of pyridine rings is 1. The number of aromatic carboxylic acids is 1. The summed E-state index contributed by atoms with van der Waals surface area (Å²) in [6.45, 7) is 1.31. The van der Waals surface area contributed by atoms with Crippen molar-refractivity contribution < 1.29 is 19.0 Å². The first kappa shape index (κ1) is 17.8. The molecule has 7 nitrogen and oxygen atoms in total. The van der Waals surface area contributed by atoms with Crippen LogP contribution < -0.4 is 20.4 Å². The van der Waals surface area contributed by atoms with Crippen LogP contribution in [-0.4, -0.2) is 48.9 Å². The van der Waals surface area contributed by atoms with E-state index >= 15 is 4.39 Å². The van der Waals surface area contributed by atoms with E-state index < -0.39 is 17.2 Å². The van der Waals surface area contributed by atoms with Gasteiger partial charge in [0.25, 0.3) is 0 Å². The molecule has 1 unspecified atom stereocenters. The molecule has 0 radical (unpaired) electrons. The number of nitrogens with one attached hydrogen (secondary N) is 1. The van der Waals surface area contributed by atoms with Crippen LogP contribution in [0.3, 0.4) is 0 Å². The number of aromatic nitrogens is 1. The van der Waals surface area contributed by atoms with Gasteiger partial charge in [0, 0.05) is 31.4 Å². The van der Waals surface area contributed by atoms with Gasteiger partial charge in [-0.25, -0.2) is 9.18 Å². The predicted octanol–water partition coefficient (Wildman–Crippen LogP) is 1.98. The first-order valence-corrected chi connectivity index (χ1v) is 9.07. The monoisotopic (exact) mass is 375 g/mol. The lowest BCUT2D eigenvalue weighted by Gasteiger charge is -2.24. The molecule has 1 aliphatic heterocycles. The van der Waals surface area contributed by atoms with Crippen LogP contribution in [-0.2, 0) is 0 Å². The molecule has 2 N–H and O–H groups in total. The van der Waals surface area contributed by atoms with Crippen molar-refractivity contribution in [3.63, 3.8) is 0 Å². The summed E-state index contributed by atoms with van der Waals surface area (Å²) in [5.74, 6) is -1.59. The molecule has 8 heteroatoms. The number of carboxylic acid groups (broad SMARTS) is 1. The average molecular weight is 375 g/mol. The number of ether oxygens (including phenoxy) is 1. The van der Waals surface area contributed by atoms with Crippen LogP contribution in [0.25, 0.3) is 10.9 Å². The van der Waals surface area contributed by atoms with Gasteiger partial charge in [-0.2, -0.15) is 0 Å². The van der Waals surface area contributed by atoms with Crippen LogP contribution in [0.4, 0.5) is 10.1 Å². The molecule has 2 aromatic rings. The standard InChI is InChI=1S/C19H22FN3O4/c1-21-10-5-6-22(8-10)16-14(20)7-12-15(18(16)27-2)23(11-3-4-11)9-13(17(12)24)19(25)26/h7,9-11,21H,3-6,8H2,1-2H3,(H,25,26). The Labute approximate surface area is 155 Å². The highest BCUT2D eigenvalue weighted by molar-refractivity contribution is 5.97. The van der Waals surface area contributed by atoms with E-state index in [-0.39, 0.29) is 23.0 Å². The van der Waals surface area contributed by atoms with E-state index in [1.54, 1.807) is 4.57 Å². The molecule has 1 saturated carbocycles. The van der Waals surface area contributed by atoms with Crippen LogP contribution in [0.2, 0.25) is 0 Å². The molecule has 1 atom stereocenters. The lowest BCUT2D eigenvalue weighted by molar-refractivity contribution is 0.0695. The molecule has 1 aliphatic carbocycles. The Balaban J connectivity index is 2.01. The number of carbonyl (C=O) groups is 1. The summed E-state index contributed by atoms with van der Waals surface area (Å²) in [6, 6.07) is 1.51. The van der Waals surface area contributed by atoms with Crippen LogP contribution in [0.1, 0.15) is 35.7 Å². The smallest absolute Gasteiger partial charge is 0.341 e. The molecule has 0 spiro atoms. The normalized spacial score (nSPS) is 19.7. The number of methoxy groups -OCH3 is 1. The summed E-state index contributed by atoms with van der Waals surface area (Å²) >= 11 is 0. The van der Waals surface area contributed by atoms with Crippen LogP contribution in [0.15, 0.2) is 17.1 Å². The van der Waals surface area contributed by atoms with Gasteiger partial charge in [0.15, 0.2) is 11.6 Å². The third-order valence-electron chi connectivity index (χ3n) is 5.49. The number of benzene rings is 1. The quantitative estimate of drug-likeness (QED) is 0.832. The van der Waals surface area contributed by atoms with Gasteiger partial charge < -0.3 is 24.6 Å². The highest BCUT2D eigenvalue weighted by atomic mass is 19.1. The first-order chi connectivity index (χ1) is 13.0. The first-order valence-electron chi connectivity index (χ1n) is 9.07. The number of likely N-dealkylation sites (N-methyl/N-ethyl adjacent to an activating group) is 1. The second-order valence-corrected chi connectivity index (χ2v) is 7.17. The van der Waals surface area contributed by atoms with Crippen molar-refractivity contribution in [1.29, 1.82) is 0 Å². The van der Waals surface area contributed by atoms with Gasteiger partial charge in [-0.05, 0) is 32.4 Å². The molecule has 1 aromatic heterocycles. The molecular weight excluding hydrogens is 353 g/mol. The SMILES string of the molecule is CNC1CCN(c2c(F)cc3c(=O)c(C(=O)O)cn(C4CC4)c3c2OC)C1. The molecule has 4 rings (SSSR count). The third-order valence-corrected chi connectivity index (χ3v) is 5.49. The number of nitrogens with zero attached hydrogens (tertiary/aromatic N) is 2. The van der Waals surface area contributed by atoms with Gasteiger partial charge >= 0.3 is 5.97 Å². The van der Waals surface area contributed by atoms with Crippen molar-refractivity contribution in [2.45, 2.75) is 31.3 Å². The molecule has 1 saturated heterocycles. The van der Waals surface area contributed by atoms with E-state index in [9.17, 15) is 14.7 Å². The van der Waals surface area contributed by atoms with Crippen LogP contribution in [0.5, 0.6) is 5.75 Å². The zero-order valence-electron chi connectivity index (χ0n) is 15.3. The van der Waals surface area contributed by atoms with Gasteiger partial charge in [-0.3, -0.25) is 4.79 Å². The molecule has 144 valence electrons. The van der Waals surface area contributed by atoms with Crippen molar-refractivity contribution in [1.82, 2.24) is 9.88 Å². The Morgan fingerprint density at radius 1 is 1.37 bits per heavy atom. The number of hydrogen-bond donors (Lipinski definition) is 2. The van der Waals surface area contributed by atoms with Gasteiger partial charge in [0.2, 0.25) is 5.43 Å². The lowest BCUT2D eigenvalue weighted by atomic mass is 10.1. The molecule has 0 amide bonds. The fraction of sp³-hybridized carbons (Fsp3) is 0.474. The maximum absolute atomic E-state index is 15.1. The van der Waals surface area contributed by atoms with E-state index in [4.69, 9.17) is 4.74 Å². The van der Waals surface area contributed by atoms with Gasteiger partial charge in [-0.1, -0.05) is 0 Å². The third kappa shape index (κ3) is 2.84. The van der Waals surface area contributed by atoms with Crippen molar-refractivity contribution in [2.24, 2.45) is 0 Å². The highest BCUT2D eigenvalue weighted by Gasteiger charge is 2.32. The second kappa shape index (κ2) is 6.53. The minimum absolute atomic E-state index is 0.0456. The number of hydrogen-bond acceptors (Lipinski definition) is 5. The van der Waals surface area contributed by atoms with Crippen LogP contribution >= 0.6 is 0 Å². The van der Waals surface area contributed by atoms with Gasteiger partial charge in [0.1, 0.15) is 11.3 Å². The molecule has 27 heavy (non-hydrogen) atoms. The topological polar surface area (TPSA) is 83.8 Å². The molecule has 2 fully saturated rings. The summed E-state index contributed by atoms with van der Waals surface area (Å²) in [4.78, 5) is 26.1. The average Bonchev–Trinajstić information content (AvgIpc) is 3.38. The molecule has 0 bridgehead atoms. The summed E-state index contributed by atoms with van der Waals surface area (Å²) in [7, 11) is 3.33. The van der Waals surface area contributed by atoms with Gasteiger partial charge in [-0.15, -0.1) is 0 Å². The van der Waals surface area contributed by atoms with Crippen molar-refractivity contribution in [2.75, 3.05) is 32.1 Å². The van der Waals surface area contributed by atoms with E-state index in [0.717, 1.165) is 25.3 Å². The fourth-order valence-electron chi connectivity index (χ4n) is 3.92. The Morgan fingerprint density at radius 3 is 2.67 bits per heavy atom. The zero-order chi connectivity index (χ0) is 19.3. The van der Waals surface area contributed by atoms with Crippen LogP contribution in [0, 0.1) is 5.82 Å². The minimum Gasteiger partial charge on any atom is -0.492 e. The number of halogens is 1. The number of rotatable bonds is 5. The maximum Gasteiger partial charge on any atom is 0.341 e. The number of fused-ring (bicyclic) bond motifs is 1. The Bertz CT molecular complexity index is 983. The fourth-order valence-corrected chi connectivity index (χ4v) is 3.92. The second-order valence-electron chi connectivity index (χ2n) is 7.17. The molecule has 2 aliphatic rings. The largest absolute Gasteiger partial charge is 0.492 e. The highest BCUT2D eigenvalue weighted by Crippen LogP contribution is 2.44. The molecule has 1 aromatic carbocycles. The van der Waals surface area contributed by atoms with E-state index in [1.165, 1.54) is 13.3 Å². The Hall–Kier alpha value is -2.61. The van der Waals surface area contributed by atoms with Gasteiger partial charge in [0.05, 0.1) is 18.0 Å².